The van der Waals surface area contributed by atoms with Gasteiger partial charge in [0.2, 0.25) is 0 Å². The summed E-state index contributed by atoms with van der Waals surface area (Å²) in [7, 11) is 0. The van der Waals surface area contributed by atoms with E-state index in [9.17, 15) is 8.78 Å². The molecule has 5 heteroatoms. The molecule has 18 heavy (non-hydrogen) atoms. The van der Waals surface area contributed by atoms with Gasteiger partial charge in [0.15, 0.2) is 11.6 Å². The Hall–Kier alpha value is -1.68. The second kappa shape index (κ2) is 5.31. The molecule has 0 unspecified atom stereocenters. The van der Waals surface area contributed by atoms with E-state index < -0.39 is 11.6 Å². The van der Waals surface area contributed by atoms with E-state index in [1.165, 1.54) is 0 Å². The lowest BCUT2D eigenvalue weighted by atomic mass is 10.2. The normalized spacial score (nSPS) is 9.89. The third-order valence-corrected chi connectivity index (χ3v) is 3.00. The minimum absolute atomic E-state index is 0.0434. The van der Waals surface area contributed by atoms with Crippen LogP contribution in [0.4, 0.5) is 20.2 Å². The largest absolute Gasteiger partial charge is 0.351 e. The lowest BCUT2D eigenvalue weighted by Gasteiger charge is -2.09. The van der Waals surface area contributed by atoms with Crippen molar-refractivity contribution in [3.05, 3.63) is 57.2 Å². The molecule has 2 aromatic rings. The molecule has 2 aromatic carbocycles. The van der Waals surface area contributed by atoms with Gasteiger partial charge >= 0.3 is 0 Å². The van der Waals surface area contributed by atoms with Crippen LogP contribution >= 0.6 is 22.6 Å². The highest BCUT2D eigenvalue weighted by atomic mass is 127. The number of rotatable bonds is 2. The van der Waals surface area contributed by atoms with Gasteiger partial charge in [0, 0.05) is 9.26 Å². The van der Waals surface area contributed by atoms with Crippen molar-refractivity contribution in [2.45, 2.75) is 0 Å². The number of nitrogens with zero attached hydrogens (tertiary/aromatic N) is 1. The molecular weight excluding hydrogens is 349 g/mol. The van der Waals surface area contributed by atoms with E-state index in [-0.39, 0.29) is 11.3 Å². The Bertz CT molecular complexity index is 595. The smallest absolute Gasteiger partial charge is 0.150 e. The fraction of sp³-hybridized carbons (Fsp3) is 0. The van der Waals surface area contributed by atoms with Crippen LogP contribution in [-0.4, -0.2) is 0 Å². The van der Waals surface area contributed by atoms with Gasteiger partial charge in [-0.25, -0.2) is 8.78 Å². The summed E-state index contributed by atoms with van der Waals surface area (Å²) in [5.41, 5.74) is 0.284. The van der Waals surface area contributed by atoms with Crippen molar-refractivity contribution in [2.24, 2.45) is 0 Å². The number of benzene rings is 2. The second-order valence-corrected chi connectivity index (χ2v) is 4.80. The van der Waals surface area contributed by atoms with E-state index >= 15 is 0 Å². The summed E-state index contributed by atoms with van der Waals surface area (Å²) < 4.78 is 28.2. The molecule has 0 radical (unpaired) electrons. The first kappa shape index (κ1) is 12.8. The van der Waals surface area contributed by atoms with Crippen LogP contribution in [0.1, 0.15) is 5.56 Å². The summed E-state index contributed by atoms with van der Waals surface area (Å²) in [6, 6.07) is 10.8. The lowest BCUT2D eigenvalue weighted by Crippen LogP contribution is -1.98. The number of nitrogens with one attached hydrogen (secondary N) is 1. The molecule has 0 atom stereocenters. The minimum Gasteiger partial charge on any atom is -0.351 e. The molecule has 0 aliphatic rings. The summed E-state index contributed by atoms with van der Waals surface area (Å²) >= 11 is 2.14. The monoisotopic (exact) mass is 356 g/mol. The van der Waals surface area contributed by atoms with Crippen molar-refractivity contribution in [3.63, 3.8) is 0 Å². The van der Waals surface area contributed by atoms with Crippen molar-refractivity contribution >= 4 is 34.0 Å². The SMILES string of the molecule is N#Cc1cc(F)c(Nc2ccc(I)cc2)c(F)c1. The zero-order chi connectivity index (χ0) is 13.1. The van der Waals surface area contributed by atoms with Crippen LogP contribution < -0.4 is 5.32 Å². The third-order valence-electron chi connectivity index (χ3n) is 2.28. The Morgan fingerprint density at radius 1 is 1.06 bits per heavy atom. The maximum Gasteiger partial charge on any atom is 0.150 e. The van der Waals surface area contributed by atoms with Crippen molar-refractivity contribution in [2.75, 3.05) is 5.32 Å². The predicted molar refractivity (Wildman–Crippen MR) is 73.5 cm³/mol. The van der Waals surface area contributed by atoms with Crippen LogP contribution in [0, 0.1) is 26.5 Å². The molecule has 0 saturated carbocycles. The van der Waals surface area contributed by atoms with Gasteiger partial charge in [0.25, 0.3) is 0 Å². The van der Waals surface area contributed by atoms with Gasteiger partial charge in [-0.1, -0.05) is 0 Å². The summed E-state index contributed by atoms with van der Waals surface area (Å²) in [5, 5.41) is 11.2. The Balaban J connectivity index is 2.35. The Kier molecular flexibility index (Phi) is 3.77. The van der Waals surface area contributed by atoms with Crippen LogP contribution in [-0.2, 0) is 0 Å². The Morgan fingerprint density at radius 3 is 2.11 bits per heavy atom. The number of hydrogen-bond donors (Lipinski definition) is 1. The Labute approximate surface area is 116 Å². The van der Waals surface area contributed by atoms with Gasteiger partial charge in [-0.15, -0.1) is 0 Å². The van der Waals surface area contributed by atoms with Gasteiger partial charge < -0.3 is 5.32 Å². The highest BCUT2D eigenvalue weighted by Gasteiger charge is 2.11. The van der Waals surface area contributed by atoms with E-state index in [2.05, 4.69) is 27.9 Å². The summed E-state index contributed by atoms with van der Waals surface area (Å²) in [6.45, 7) is 0. The molecule has 0 saturated heterocycles. The number of anilines is 2. The van der Waals surface area contributed by atoms with Gasteiger partial charge in [0.05, 0.1) is 11.6 Å². The van der Waals surface area contributed by atoms with Gasteiger partial charge in [-0.05, 0) is 59.0 Å². The van der Waals surface area contributed by atoms with Crippen LogP contribution in [0.25, 0.3) is 0 Å². The van der Waals surface area contributed by atoms with Gasteiger partial charge in [0.1, 0.15) is 5.69 Å². The van der Waals surface area contributed by atoms with Crippen LogP contribution in [0.3, 0.4) is 0 Å². The van der Waals surface area contributed by atoms with Crippen LogP contribution in [0.5, 0.6) is 0 Å². The van der Waals surface area contributed by atoms with Crippen molar-refractivity contribution in [1.82, 2.24) is 0 Å². The van der Waals surface area contributed by atoms with E-state index in [1.807, 2.05) is 12.1 Å². The molecule has 0 amide bonds. The fourth-order valence-electron chi connectivity index (χ4n) is 1.43. The molecule has 0 aliphatic carbocycles. The van der Waals surface area contributed by atoms with E-state index in [1.54, 1.807) is 18.2 Å². The first-order valence-electron chi connectivity index (χ1n) is 5.02. The maximum atomic E-state index is 13.6. The van der Waals surface area contributed by atoms with E-state index in [0.717, 1.165) is 15.7 Å². The number of nitriles is 1. The molecule has 0 heterocycles. The lowest BCUT2D eigenvalue weighted by molar-refractivity contribution is 0.590. The first-order valence-corrected chi connectivity index (χ1v) is 6.10. The quantitative estimate of drug-likeness (QED) is 0.820. The molecule has 1 N–H and O–H groups in total. The average molecular weight is 356 g/mol. The van der Waals surface area contributed by atoms with Crippen LogP contribution in [0.15, 0.2) is 36.4 Å². The first-order chi connectivity index (χ1) is 8.60. The van der Waals surface area contributed by atoms with Crippen molar-refractivity contribution in [1.29, 1.82) is 5.26 Å². The number of halogens is 3. The zero-order valence-corrected chi connectivity index (χ0v) is 11.2. The second-order valence-electron chi connectivity index (χ2n) is 3.56. The van der Waals surface area contributed by atoms with Gasteiger partial charge in [-0.3, -0.25) is 0 Å². The molecule has 2 nitrogen and oxygen atoms in total. The van der Waals surface area contributed by atoms with Gasteiger partial charge in [-0.2, -0.15) is 5.26 Å². The summed E-state index contributed by atoms with van der Waals surface area (Å²) in [6.07, 6.45) is 0. The molecular formula is C13H7F2IN2. The van der Waals surface area contributed by atoms with Crippen LogP contribution in [0.2, 0.25) is 0 Å². The average Bonchev–Trinajstić information content (AvgIpc) is 2.35. The summed E-state index contributed by atoms with van der Waals surface area (Å²) in [4.78, 5) is 0. The Morgan fingerprint density at radius 2 is 1.61 bits per heavy atom. The summed E-state index contributed by atoms with van der Waals surface area (Å²) in [5.74, 6) is -1.57. The maximum absolute atomic E-state index is 13.6. The van der Waals surface area contributed by atoms with Crippen molar-refractivity contribution < 1.29 is 8.78 Å². The fourth-order valence-corrected chi connectivity index (χ4v) is 1.79. The van der Waals surface area contributed by atoms with E-state index in [4.69, 9.17) is 5.26 Å². The zero-order valence-electron chi connectivity index (χ0n) is 9.05. The van der Waals surface area contributed by atoms with Crippen molar-refractivity contribution in [3.8, 4) is 6.07 Å². The molecule has 2 rings (SSSR count). The standard InChI is InChI=1S/C13H7F2IN2/c14-11-5-8(7-17)6-12(15)13(11)18-10-3-1-9(16)2-4-10/h1-6,18H. The molecule has 0 bridgehead atoms. The predicted octanol–water partition coefficient (Wildman–Crippen LogP) is 4.18. The topological polar surface area (TPSA) is 35.8 Å². The molecule has 90 valence electrons. The molecule has 0 spiro atoms. The molecule has 0 aromatic heterocycles. The number of hydrogen-bond acceptors (Lipinski definition) is 2. The molecule has 0 aliphatic heterocycles. The highest BCUT2D eigenvalue weighted by Crippen LogP contribution is 2.25. The highest BCUT2D eigenvalue weighted by molar-refractivity contribution is 14.1. The van der Waals surface area contributed by atoms with E-state index in [0.29, 0.717) is 5.69 Å². The third kappa shape index (κ3) is 2.76. The minimum atomic E-state index is -0.787. The molecule has 0 fully saturated rings.